The molecule has 1 amide bonds. The van der Waals surface area contributed by atoms with Gasteiger partial charge in [-0.15, -0.1) is 0 Å². The Hall–Kier alpha value is -1.40. The molecule has 0 spiro atoms. The van der Waals surface area contributed by atoms with Gasteiger partial charge in [-0.05, 0) is 36.5 Å². The van der Waals surface area contributed by atoms with E-state index in [1.165, 1.54) is 6.07 Å². The van der Waals surface area contributed by atoms with Gasteiger partial charge in [-0.1, -0.05) is 26.8 Å². The molecule has 6 heteroatoms. The van der Waals surface area contributed by atoms with Crippen molar-refractivity contribution in [3.05, 3.63) is 29.3 Å². The van der Waals surface area contributed by atoms with Crippen LogP contribution in [0.1, 0.15) is 43.1 Å². The van der Waals surface area contributed by atoms with Crippen LogP contribution in [-0.2, 0) is 10.0 Å². The van der Waals surface area contributed by atoms with Crippen LogP contribution in [-0.4, -0.2) is 20.9 Å². The maximum atomic E-state index is 12.1. The van der Waals surface area contributed by atoms with Crippen molar-refractivity contribution in [1.82, 2.24) is 5.32 Å². The van der Waals surface area contributed by atoms with Crippen molar-refractivity contribution in [3.63, 3.8) is 0 Å². The number of carbonyl (C=O) groups is 1. The van der Waals surface area contributed by atoms with Gasteiger partial charge in [0, 0.05) is 12.1 Å². The number of hydrogen-bond donors (Lipinski definition) is 2. The largest absolute Gasteiger partial charge is 0.352 e. The van der Waals surface area contributed by atoms with Gasteiger partial charge in [0.1, 0.15) is 0 Å². The highest BCUT2D eigenvalue weighted by Gasteiger charge is 2.18. The minimum absolute atomic E-state index is 0.00311. The molecule has 0 radical (unpaired) electrons. The van der Waals surface area contributed by atoms with E-state index >= 15 is 0 Å². The van der Waals surface area contributed by atoms with Gasteiger partial charge in [0.2, 0.25) is 10.0 Å². The van der Waals surface area contributed by atoms with E-state index in [9.17, 15) is 13.2 Å². The van der Waals surface area contributed by atoms with Crippen LogP contribution in [0.2, 0.25) is 0 Å². The number of sulfonamides is 1. The summed E-state index contributed by atoms with van der Waals surface area (Å²) in [6.07, 6.45) is 0.934. The summed E-state index contributed by atoms with van der Waals surface area (Å²) in [5, 5.41) is 7.95. The second kappa shape index (κ2) is 5.93. The zero-order chi connectivity index (χ0) is 15.6. The van der Waals surface area contributed by atoms with Gasteiger partial charge < -0.3 is 5.32 Å². The van der Waals surface area contributed by atoms with Gasteiger partial charge in [-0.3, -0.25) is 4.79 Å². The van der Waals surface area contributed by atoms with E-state index in [0.29, 0.717) is 17.7 Å². The number of nitrogens with two attached hydrogens (primary N) is 1. The van der Waals surface area contributed by atoms with Gasteiger partial charge >= 0.3 is 0 Å². The molecule has 112 valence electrons. The molecular weight excluding hydrogens is 276 g/mol. The van der Waals surface area contributed by atoms with Crippen molar-refractivity contribution in [3.8, 4) is 0 Å². The SMILES string of the molecule is CCC(C)(C)CNC(=O)c1ccc(C)c(S(N)(=O)=O)c1. The minimum atomic E-state index is -3.82. The molecular formula is C14H22N2O3S. The molecule has 20 heavy (non-hydrogen) atoms. The monoisotopic (exact) mass is 298 g/mol. The average molecular weight is 298 g/mol. The van der Waals surface area contributed by atoms with Gasteiger partial charge in [0.15, 0.2) is 0 Å². The van der Waals surface area contributed by atoms with Crippen molar-refractivity contribution in [2.75, 3.05) is 6.54 Å². The van der Waals surface area contributed by atoms with Gasteiger partial charge in [-0.25, -0.2) is 13.6 Å². The molecule has 3 N–H and O–H groups in total. The first-order valence-electron chi connectivity index (χ1n) is 6.48. The van der Waals surface area contributed by atoms with Crippen LogP contribution >= 0.6 is 0 Å². The normalized spacial score (nSPS) is 12.2. The minimum Gasteiger partial charge on any atom is -0.352 e. The molecule has 0 unspecified atom stereocenters. The lowest BCUT2D eigenvalue weighted by Gasteiger charge is -2.22. The molecule has 1 rings (SSSR count). The van der Waals surface area contributed by atoms with Crippen molar-refractivity contribution in [1.29, 1.82) is 0 Å². The number of amides is 1. The molecule has 0 saturated heterocycles. The summed E-state index contributed by atoms with van der Waals surface area (Å²) in [6, 6.07) is 4.50. The highest BCUT2D eigenvalue weighted by Crippen LogP contribution is 2.19. The van der Waals surface area contributed by atoms with E-state index in [2.05, 4.69) is 26.1 Å². The topological polar surface area (TPSA) is 89.3 Å². The highest BCUT2D eigenvalue weighted by molar-refractivity contribution is 7.89. The summed E-state index contributed by atoms with van der Waals surface area (Å²) in [7, 11) is -3.82. The average Bonchev–Trinajstić information content (AvgIpc) is 2.35. The van der Waals surface area contributed by atoms with Crippen LogP contribution in [0.15, 0.2) is 23.1 Å². The molecule has 1 aromatic carbocycles. The Balaban J connectivity index is 2.96. The van der Waals surface area contributed by atoms with Crippen LogP contribution < -0.4 is 10.5 Å². The number of nitrogens with one attached hydrogen (secondary N) is 1. The molecule has 0 aromatic heterocycles. The Kier molecular flexibility index (Phi) is 4.94. The Morgan fingerprint density at radius 3 is 2.45 bits per heavy atom. The maximum absolute atomic E-state index is 12.1. The molecule has 0 atom stereocenters. The van der Waals surface area contributed by atoms with E-state index in [0.717, 1.165) is 6.42 Å². The van der Waals surface area contributed by atoms with Crippen molar-refractivity contribution >= 4 is 15.9 Å². The van der Waals surface area contributed by atoms with Gasteiger partial charge in [0.05, 0.1) is 4.90 Å². The predicted octanol–water partition coefficient (Wildman–Crippen LogP) is 1.81. The fourth-order valence-corrected chi connectivity index (χ4v) is 2.40. The summed E-state index contributed by atoms with van der Waals surface area (Å²) in [6.45, 7) is 8.33. The van der Waals surface area contributed by atoms with Crippen molar-refractivity contribution in [2.24, 2.45) is 10.6 Å². The standard InChI is InChI=1S/C14H22N2O3S/c1-5-14(3,4)9-16-13(17)11-7-6-10(2)12(8-11)20(15,18)19/h6-8H,5,9H2,1-4H3,(H,16,17)(H2,15,18,19). The lowest BCUT2D eigenvalue weighted by Crippen LogP contribution is -2.33. The quantitative estimate of drug-likeness (QED) is 0.868. The fourth-order valence-electron chi connectivity index (χ4n) is 1.59. The number of rotatable bonds is 5. The van der Waals surface area contributed by atoms with Crippen LogP contribution in [0.3, 0.4) is 0 Å². The number of primary sulfonamides is 1. The van der Waals surface area contributed by atoms with Crippen LogP contribution in [0.5, 0.6) is 0 Å². The fraction of sp³-hybridized carbons (Fsp3) is 0.500. The third-order valence-corrected chi connectivity index (χ3v) is 4.49. The zero-order valence-electron chi connectivity index (χ0n) is 12.4. The lowest BCUT2D eigenvalue weighted by molar-refractivity contribution is 0.0935. The Bertz CT molecular complexity index is 607. The molecule has 0 bridgehead atoms. The summed E-state index contributed by atoms with van der Waals surface area (Å²) >= 11 is 0. The molecule has 0 saturated carbocycles. The maximum Gasteiger partial charge on any atom is 0.251 e. The second-order valence-corrected chi connectivity index (χ2v) is 7.26. The first kappa shape index (κ1) is 16.7. The molecule has 0 aliphatic rings. The molecule has 0 aliphatic carbocycles. The third-order valence-electron chi connectivity index (χ3n) is 3.44. The highest BCUT2D eigenvalue weighted by atomic mass is 32.2. The van der Waals surface area contributed by atoms with Crippen molar-refractivity contribution in [2.45, 2.75) is 39.0 Å². The van der Waals surface area contributed by atoms with Crippen LogP contribution in [0.25, 0.3) is 0 Å². The van der Waals surface area contributed by atoms with Gasteiger partial charge in [0.25, 0.3) is 5.91 Å². The molecule has 1 aromatic rings. The van der Waals surface area contributed by atoms with E-state index < -0.39 is 10.0 Å². The second-order valence-electron chi connectivity index (χ2n) is 5.73. The summed E-state index contributed by atoms with van der Waals surface area (Å²) in [4.78, 5) is 12.0. The first-order chi connectivity index (χ1) is 9.07. The Morgan fingerprint density at radius 2 is 1.95 bits per heavy atom. The number of benzene rings is 1. The lowest BCUT2D eigenvalue weighted by atomic mass is 9.90. The Morgan fingerprint density at radius 1 is 1.35 bits per heavy atom. The zero-order valence-corrected chi connectivity index (χ0v) is 13.2. The molecule has 0 fully saturated rings. The Labute approximate surface area is 120 Å². The number of hydrogen-bond acceptors (Lipinski definition) is 3. The van der Waals surface area contributed by atoms with Crippen molar-refractivity contribution < 1.29 is 13.2 Å². The first-order valence-corrected chi connectivity index (χ1v) is 8.03. The molecule has 5 nitrogen and oxygen atoms in total. The number of carbonyl (C=O) groups excluding carboxylic acids is 1. The summed E-state index contributed by atoms with van der Waals surface area (Å²) < 4.78 is 22.9. The summed E-state index contributed by atoms with van der Waals surface area (Å²) in [5.41, 5.74) is 0.827. The summed E-state index contributed by atoms with van der Waals surface area (Å²) in [5.74, 6) is -0.295. The van der Waals surface area contributed by atoms with Gasteiger partial charge in [-0.2, -0.15) is 0 Å². The smallest absolute Gasteiger partial charge is 0.251 e. The number of aryl methyl sites for hydroxylation is 1. The van der Waals surface area contributed by atoms with E-state index in [4.69, 9.17) is 5.14 Å². The predicted molar refractivity (Wildman–Crippen MR) is 79.0 cm³/mol. The van der Waals surface area contributed by atoms with E-state index in [-0.39, 0.29) is 16.2 Å². The molecule has 0 aliphatic heterocycles. The van der Waals surface area contributed by atoms with E-state index in [1.54, 1.807) is 19.1 Å². The van der Waals surface area contributed by atoms with Crippen LogP contribution in [0.4, 0.5) is 0 Å². The van der Waals surface area contributed by atoms with Crippen LogP contribution in [0, 0.1) is 12.3 Å². The third kappa shape index (κ3) is 4.31. The molecule has 0 heterocycles. The van der Waals surface area contributed by atoms with E-state index in [1.807, 2.05) is 0 Å².